The molecule has 0 amide bonds. The van der Waals surface area contributed by atoms with E-state index in [1.54, 1.807) is 0 Å². The lowest BCUT2D eigenvalue weighted by Gasteiger charge is -2.43. The van der Waals surface area contributed by atoms with Gasteiger partial charge in [0.2, 0.25) is 23.1 Å². The van der Waals surface area contributed by atoms with Crippen LogP contribution >= 0.6 is 0 Å². The maximum Gasteiger partial charge on any atom is 0.202 e. The molecule has 6 fully saturated rings. The molecular formula is C36H38O6. The Bertz CT molecular complexity index is 1280. The Labute approximate surface area is 246 Å². The van der Waals surface area contributed by atoms with Crippen LogP contribution in [0.5, 0.6) is 11.5 Å². The zero-order chi connectivity index (χ0) is 28.5. The second kappa shape index (κ2) is 10.2. The second-order valence-electron chi connectivity index (χ2n) is 13.7. The van der Waals surface area contributed by atoms with Crippen LogP contribution in [0.2, 0.25) is 0 Å². The molecule has 0 aromatic heterocycles. The minimum Gasteiger partial charge on any atom is -0.490 e. The van der Waals surface area contributed by atoms with Crippen LogP contribution in [0.4, 0.5) is 0 Å². The SMILES string of the molecule is O=C1C(=O)C2CCC(Oc3ccc(-c4ccc(OC5CCC6C(=O)C(=O)C7CCCC5C76)cc4)cc3)C3CCCC1C23. The maximum absolute atomic E-state index is 12.5. The zero-order valence-corrected chi connectivity index (χ0v) is 23.9. The minimum absolute atomic E-state index is 0.0602. The van der Waals surface area contributed by atoms with Gasteiger partial charge in [0.25, 0.3) is 0 Å². The summed E-state index contributed by atoms with van der Waals surface area (Å²) in [6.45, 7) is 0. The van der Waals surface area contributed by atoms with Gasteiger partial charge in [-0.3, -0.25) is 19.2 Å². The van der Waals surface area contributed by atoms with Gasteiger partial charge in [0.15, 0.2) is 0 Å². The molecule has 0 N–H and O–H groups in total. The van der Waals surface area contributed by atoms with Crippen LogP contribution in [0.15, 0.2) is 48.5 Å². The Morgan fingerprint density at radius 1 is 0.429 bits per heavy atom. The van der Waals surface area contributed by atoms with E-state index >= 15 is 0 Å². The number of benzene rings is 2. The summed E-state index contributed by atoms with van der Waals surface area (Å²) in [5.41, 5.74) is 2.20. The van der Waals surface area contributed by atoms with Gasteiger partial charge in [-0.15, -0.1) is 0 Å². The Kier molecular flexibility index (Phi) is 6.38. The summed E-state index contributed by atoms with van der Waals surface area (Å²) in [6, 6.07) is 16.4. The van der Waals surface area contributed by atoms with E-state index in [0.29, 0.717) is 0 Å². The highest BCUT2D eigenvalue weighted by molar-refractivity contribution is 6.41. The molecule has 6 heteroatoms. The number of Topliss-reactive ketones (excluding diaryl/α,β-unsaturated/α-hetero) is 4. The monoisotopic (exact) mass is 566 g/mol. The van der Waals surface area contributed by atoms with Gasteiger partial charge >= 0.3 is 0 Å². The first kappa shape index (κ1) is 26.4. The number of hydrogen-bond acceptors (Lipinski definition) is 6. The number of carbonyl (C=O) groups excluding carboxylic acids is 4. The third-order valence-electron chi connectivity index (χ3n) is 11.9. The van der Waals surface area contributed by atoms with Crippen molar-refractivity contribution in [1.29, 1.82) is 0 Å². The van der Waals surface area contributed by atoms with Crippen LogP contribution in [0, 0.1) is 47.3 Å². The van der Waals surface area contributed by atoms with E-state index in [9.17, 15) is 19.2 Å². The van der Waals surface area contributed by atoms with Gasteiger partial charge in [0, 0.05) is 35.5 Å². The molecule has 0 bridgehead atoms. The van der Waals surface area contributed by atoms with Gasteiger partial charge in [-0.05, 0) is 98.6 Å². The summed E-state index contributed by atoms with van der Waals surface area (Å²) >= 11 is 0. The summed E-state index contributed by atoms with van der Waals surface area (Å²) in [5, 5.41) is 0. The van der Waals surface area contributed by atoms with Crippen molar-refractivity contribution in [2.75, 3.05) is 0 Å². The molecule has 6 saturated carbocycles. The van der Waals surface area contributed by atoms with Crippen LogP contribution in [-0.4, -0.2) is 35.3 Å². The number of ketones is 4. The lowest BCUT2D eigenvalue weighted by Crippen LogP contribution is -2.44. The number of carbonyl (C=O) groups is 4. The summed E-state index contributed by atoms with van der Waals surface area (Å²) in [5.74, 6) is 1.83. The smallest absolute Gasteiger partial charge is 0.202 e. The molecular weight excluding hydrogens is 528 g/mol. The van der Waals surface area contributed by atoms with E-state index in [0.717, 1.165) is 86.8 Å². The van der Waals surface area contributed by atoms with Crippen molar-refractivity contribution < 1.29 is 28.7 Å². The molecule has 42 heavy (non-hydrogen) atoms. The molecule has 0 radical (unpaired) electrons. The van der Waals surface area contributed by atoms with Crippen molar-refractivity contribution in [3.8, 4) is 22.6 Å². The summed E-state index contributed by atoms with van der Waals surface area (Å²) in [6.07, 6.45) is 9.10. The molecule has 218 valence electrons. The lowest BCUT2D eigenvalue weighted by atomic mass is 9.63. The van der Waals surface area contributed by atoms with Crippen LogP contribution in [0.1, 0.15) is 64.2 Å². The first-order valence-corrected chi connectivity index (χ1v) is 16.2. The van der Waals surface area contributed by atoms with Crippen LogP contribution in [-0.2, 0) is 19.2 Å². The standard InChI is InChI=1S/C36H38O6/c37-33-25-5-1-3-23-29(17-15-27(31(23)25)35(33)39)41-21-11-7-19(8-12-21)20-9-13-22(14-10-20)42-30-18-16-28-32-24(30)4-2-6-26(32)34(38)36(28)40/h7-14,23-32H,1-6,15-18H2. The molecule has 0 heterocycles. The molecule has 10 atom stereocenters. The van der Waals surface area contributed by atoms with Gasteiger partial charge in [0.1, 0.15) is 23.7 Å². The highest BCUT2D eigenvalue weighted by Crippen LogP contribution is 2.54. The molecule has 0 saturated heterocycles. The van der Waals surface area contributed by atoms with Crippen molar-refractivity contribution >= 4 is 23.1 Å². The van der Waals surface area contributed by atoms with E-state index in [4.69, 9.17) is 9.47 Å². The maximum atomic E-state index is 12.5. The average molecular weight is 567 g/mol. The predicted molar refractivity (Wildman–Crippen MR) is 155 cm³/mol. The van der Waals surface area contributed by atoms with E-state index in [-0.39, 0.29) is 82.7 Å². The van der Waals surface area contributed by atoms with Crippen molar-refractivity contribution in [3.63, 3.8) is 0 Å². The van der Waals surface area contributed by atoms with Crippen molar-refractivity contribution in [2.45, 2.75) is 76.4 Å². The molecule has 6 aliphatic carbocycles. The predicted octanol–water partition coefficient (Wildman–Crippen LogP) is 6.04. The van der Waals surface area contributed by atoms with Crippen LogP contribution in [0.3, 0.4) is 0 Å². The Morgan fingerprint density at radius 2 is 0.786 bits per heavy atom. The third-order valence-corrected chi connectivity index (χ3v) is 11.9. The molecule has 8 rings (SSSR count). The fourth-order valence-corrected chi connectivity index (χ4v) is 10.1. The molecule has 2 aromatic carbocycles. The van der Waals surface area contributed by atoms with Crippen molar-refractivity contribution in [2.24, 2.45) is 47.3 Å². The number of ether oxygens (including phenoxy) is 2. The zero-order valence-electron chi connectivity index (χ0n) is 23.9. The van der Waals surface area contributed by atoms with Gasteiger partial charge < -0.3 is 9.47 Å². The minimum atomic E-state index is -0.118. The lowest BCUT2D eigenvalue weighted by molar-refractivity contribution is -0.137. The van der Waals surface area contributed by atoms with E-state index in [1.165, 1.54) is 0 Å². The molecule has 6 nitrogen and oxygen atoms in total. The topological polar surface area (TPSA) is 86.7 Å². The van der Waals surface area contributed by atoms with Crippen LogP contribution in [0.25, 0.3) is 11.1 Å². The largest absolute Gasteiger partial charge is 0.490 e. The van der Waals surface area contributed by atoms with Gasteiger partial charge in [-0.25, -0.2) is 0 Å². The van der Waals surface area contributed by atoms with Crippen molar-refractivity contribution in [3.05, 3.63) is 48.5 Å². The molecule has 6 aliphatic rings. The van der Waals surface area contributed by atoms with Gasteiger partial charge in [-0.1, -0.05) is 37.1 Å². The molecule has 0 spiro atoms. The molecule has 2 aromatic rings. The first-order valence-electron chi connectivity index (χ1n) is 16.2. The summed E-state index contributed by atoms with van der Waals surface area (Å²) in [4.78, 5) is 50.1. The number of rotatable bonds is 5. The van der Waals surface area contributed by atoms with Gasteiger partial charge in [0.05, 0.1) is 0 Å². The quantitative estimate of drug-likeness (QED) is 0.411. The Balaban J connectivity index is 0.920. The Morgan fingerprint density at radius 3 is 1.17 bits per heavy atom. The third kappa shape index (κ3) is 4.11. The summed E-state index contributed by atoms with van der Waals surface area (Å²) < 4.78 is 13.0. The van der Waals surface area contributed by atoms with Crippen LogP contribution < -0.4 is 9.47 Å². The van der Waals surface area contributed by atoms with E-state index in [2.05, 4.69) is 24.3 Å². The number of hydrogen-bond donors (Lipinski definition) is 0. The highest BCUT2D eigenvalue weighted by atomic mass is 16.5. The normalized spacial score (nSPS) is 38.7. The summed E-state index contributed by atoms with van der Waals surface area (Å²) in [7, 11) is 0. The fraction of sp³-hybridized carbons (Fsp3) is 0.556. The fourth-order valence-electron chi connectivity index (χ4n) is 10.1. The van der Waals surface area contributed by atoms with E-state index < -0.39 is 0 Å². The average Bonchev–Trinajstić information content (AvgIpc) is 3.43. The van der Waals surface area contributed by atoms with E-state index in [1.807, 2.05) is 24.3 Å². The van der Waals surface area contributed by atoms with Crippen molar-refractivity contribution in [1.82, 2.24) is 0 Å². The Hall–Kier alpha value is -3.28. The van der Waals surface area contributed by atoms with Gasteiger partial charge in [-0.2, -0.15) is 0 Å². The highest BCUT2D eigenvalue weighted by Gasteiger charge is 2.58. The first-order chi connectivity index (χ1) is 20.5. The molecule has 10 unspecified atom stereocenters. The molecule has 0 aliphatic heterocycles. The second-order valence-corrected chi connectivity index (χ2v) is 13.7.